The predicted molar refractivity (Wildman–Crippen MR) is 110 cm³/mol. The highest BCUT2D eigenvalue weighted by Crippen LogP contribution is 2.37. The Morgan fingerprint density at radius 3 is 2.15 bits per heavy atom. The summed E-state index contributed by atoms with van der Waals surface area (Å²) >= 11 is 0. The van der Waals surface area contributed by atoms with Crippen molar-refractivity contribution in [2.45, 2.75) is 45.5 Å². The van der Waals surface area contributed by atoms with Crippen molar-refractivity contribution in [1.82, 2.24) is 0 Å². The maximum absolute atomic E-state index is 11.9. The lowest BCUT2D eigenvalue weighted by Gasteiger charge is -2.36. The van der Waals surface area contributed by atoms with Crippen molar-refractivity contribution in [3.05, 3.63) is 59.7 Å². The van der Waals surface area contributed by atoms with E-state index in [-0.39, 0.29) is 11.6 Å². The van der Waals surface area contributed by atoms with Crippen LogP contribution in [-0.4, -0.2) is 20.7 Å². The maximum atomic E-state index is 11.9. The summed E-state index contributed by atoms with van der Waals surface area (Å²) in [4.78, 5) is 22.5. The SMILES string of the molecule is CC(C)(C)[Si](C)(C)Oc1ccc(COC(=O)Nc2ccc(C=O)cc2)cc1. The van der Waals surface area contributed by atoms with Gasteiger partial charge < -0.3 is 9.16 Å². The quantitative estimate of drug-likeness (QED) is 0.517. The minimum absolute atomic E-state index is 0.136. The van der Waals surface area contributed by atoms with Gasteiger partial charge in [-0.25, -0.2) is 4.79 Å². The summed E-state index contributed by atoms with van der Waals surface area (Å²) in [6.45, 7) is 11.2. The van der Waals surface area contributed by atoms with Crippen molar-refractivity contribution in [3.63, 3.8) is 0 Å². The molecule has 0 heterocycles. The predicted octanol–water partition coefficient (Wildman–Crippen LogP) is 5.63. The summed E-state index contributed by atoms with van der Waals surface area (Å²) in [5, 5.41) is 2.76. The second-order valence-corrected chi connectivity index (χ2v) is 12.7. The molecule has 0 fully saturated rings. The molecule has 0 aliphatic carbocycles. The number of hydrogen-bond donors (Lipinski definition) is 1. The number of hydrogen-bond acceptors (Lipinski definition) is 4. The van der Waals surface area contributed by atoms with E-state index in [1.807, 2.05) is 24.3 Å². The Hall–Kier alpha value is -2.60. The van der Waals surface area contributed by atoms with Crippen molar-refractivity contribution in [2.75, 3.05) is 5.32 Å². The van der Waals surface area contributed by atoms with E-state index >= 15 is 0 Å². The number of rotatable bonds is 6. The number of benzene rings is 2. The van der Waals surface area contributed by atoms with Gasteiger partial charge >= 0.3 is 6.09 Å². The van der Waals surface area contributed by atoms with Crippen LogP contribution in [-0.2, 0) is 11.3 Å². The van der Waals surface area contributed by atoms with Crippen molar-refractivity contribution in [2.24, 2.45) is 0 Å². The molecular weight excluding hydrogens is 358 g/mol. The lowest BCUT2D eigenvalue weighted by Crippen LogP contribution is -2.43. The molecule has 0 bridgehead atoms. The molecule has 0 spiro atoms. The Bertz CT molecular complexity index is 777. The summed E-state index contributed by atoms with van der Waals surface area (Å²) in [5.74, 6) is 0.838. The summed E-state index contributed by atoms with van der Waals surface area (Å²) in [7, 11) is -1.87. The minimum atomic E-state index is -1.87. The van der Waals surface area contributed by atoms with E-state index in [9.17, 15) is 9.59 Å². The molecule has 5 nitrogen and oxygen atoms in total. The van der Waals surface area contributed by atoms with Crippen molar-refractivity contribution in [1.29, 1.82) is 0 Å². The van der Waals surface area contributed by atoms with E-state index < -0.39 is 14.4 Å². The number of carbonyl (C=O) groups is 2. The first kappa shape index (κ1) is 20.7. The minimum Gasteiger partial charge on any atom is -0.544 e. The van der Waals surface area contributed by atoms with Crippen LogP contribution in [0.25, 0.3) is 0 Å². The molecule has 1 N–H and O–H groups in total. The Labute approximate surface area is 161 Å². The third kappa shape index (κ3) is 5.96. The van der Waals surface area contributed by atoms with E-state index in [2.05, 4.69) is 39.2 Å². The molecule has 0 unspecified atom stereocenters. The van der Waals surface area contributed by atoms with Crippen LogP contribution in [0.4, 0.5) is 10.5 Å². The molecule has 1 amide bonds. The van der Waals surface area contributed by atoms with Crippen molar-refractivity contribution in [3.8, 4) is 5.75 Å². The fourth-order valence-electron chi connectivity index (χ4n) is 2.05. The standard InChI is InChI=1S/C21H27NO4Si/c1-21(2,3)27(4,5)26-19-12-8-17(9-13-19)15-25-20(24)22-18-10-6-16(14-23)7-11-18/h6-14H,15H2,1-5H3,(H,22,24). The number of ether oxygens (including phenoxy) is 1. The summed E-state index contributed by atoms with van der Waals surface area (Å²) in [6, 6.07) is 14.2. The van der Waals surface area contributed by atoms with Gasteiger partial charge in [-0.3, -0.25) is 10.1 Å². The molecule has 2 aromatic rings. The van der Waals surface area contributed by atoms with Crippen LogP contribution in [0.3, 0.4) is 0 Å². The van der Waals surface area contributed by atoms with Gasteiger partial charge in [-0.15, -0.1) is 0 Å². The molecule has 0 aliphatic rings. The lowest BCUT2D eigenvalue weighted by atomic mass is 10.2. The van der Waals surface area contributed by atoms with Crippen LogP contribution in [0.5, 0.6) is 5.75 Å². The number of nitrogens with one attached hydrogen (secondary N) is 1. The molecule has 0 aromatic heterocycles. The topological polar surface area (TPSA) is 64.6 Å². The Balaban J connectivity index is 1.87. The van der Waals surface area contributed by atoms with E-state index in [0.29, 0.717) is 11.3 Å². The van der Waals surface area contributed by atoms with Crippen LogP contribution in [0.2, 0.25) is 18.1 Å². The van der Waals surface area contributed by atoms with Crippen LogP contribution in [0, 0.1) is 0 Å². The van der Waals surface area contributed by atoms with Crippen LogP contribution < -0.4 is 9.74 Å². The van der Waals surface area contributed by atoms with Gasteiger partial charge in [0, 0.05) is 11.3 Å². The van der Waals surface area contributed by atoms with Crippen LogP contribution in [0.15, 0.2) is 48.5 Å². The van der Waals surface area contributed by atoms with Gasteiger partial charge in [-0.2, -0.15) is 0 Å². The molecule has 0 radical (unpaired) electrons. The molecule has 27 heavy (non-hydrogen) atoms. The number of amides is 1. The molecule has 0 saturated carbocycles. The highest BCUT2D eigenvalue weighted by Gasteiger charge is 2.38. The Morgan fingerprint density at radius 1 is 1.04 bits per heavy atom. The average Bonchev–Trinajstić information content (AvgIpc) is 2.60. The van der Waals surface area contributed by atoms with E-state index in [1.54, 1.807) is 24.3 Å². The van der Waals surface area contributed by atoms with E-state index in [1.165, 1.54) is 0 Å². The first-order valence-corrected chi connectivity index (χ1v) is 11.8. The van der Waals surface area contributed by atoms with Crippen molar-refractivity contribution >= 4 is 26.4 Å². The van der Waals surface area contributed by atoms with E-state index in [0.717, 1.165) is 17.6 Å². The van der Waals surface area contributed by atoms with Gasteiger partial charge in [0.25, 0.3) is 0 Å². The molecule has 0 saturated heterocycles. The average molecular weight is 386 g/mol. The van der Waals surface area contributed by atoms with Crippen LogP contribution in [0.1, 0.15) is 36.7 Å². The van der Waals surface area contributed by atoms with Crippen molar-refractivity contribution < 1.29 is 18.8 Å². The first-order valence-electron chi connectivity index (χ1n) is 8.88. The fourth-order valence-corrected chi connectivity index (χ4v) is 3.08. The van der Waals surface area contributed by atoms with E-state index in [4.69, 9.17) is 9.16 Å². The highest BCUT2D eigenvalue weighted by atomic mass is 28.4. The summed E-state index contributed by atoms with van der Waals surface area (Å²) < 4.78 is 11.5. The largest absolute Gasteiger partial charge is 0.544 e. The van der Waals surface area contributed by atoms with Crippen LogP contribution >= 0.6 is 0 Å². The fraction of sp³-hybridized carbons (Fsp3) is 0.333. The highest BCUT2D eigenvalue weighted by molar-refractivity contribution is 6.74. The zero-order chi connectivity index (χ0) is 20.1. The molecular formula is C21H27NO4Si. The third-order valence-electron chi connectivity index (χ3n) is 4.77. The number of aldehydes is 1. The smallest absolute Gasteiger partial charge is 0.411 e. The lowest BCUT2D eigenvalue weighted by molar-refractivity contribution is 0.112. The molecule has 0 aliphatic heterocycles. The maximum Gasteiger partial charge on any atom is 0.411 e. The van der Waals surface area contributed by atoms with Gasteiger partial charge in [0.2, 0.25) is 8.32 Å². The summed E-state index contributed by atoms with van der Waals surface area (Å²) in [5.41, 5.74) is 2.00. The van der Waals surface area contributed by atoms with Gasteiger partial charge in [0.05, 0.1) is 0 Å². The molecule has 0 atom stereocenters. The second kappa shape index (κ2) is 8.39. The van der Waals surface area contributed by atoms with Gasteiger partial charge in [0.15, 0.2) is 0 Å². The summed E-state index contributed by atoms with van der Waals surface area (Å²) in [6.07, 6.45) is 0.205. The molecule has 2 rings (SSSR count). The van der Waals surface area contributed by atoms with Gasteiger partial charge in [-0.1, -0.05) is 32.9 Å². The van der Waals surface area contributed by atoms with Gasteiger partial charge in [0.1, 0.15) is 18.6 Å². The number of anilines is 1. The Kier molecular flexibility index (Phi) is 6.44. The zero-order valence-corrected chi connectivity index (χ0v) is 17.5. The first-order chi connectivity index (χ1) is 12.6. The third-order valence-corrected chi connectivity index (χ3v) is 9.12. The molecule has 2 aromatic carbocycles. The normalized spacial score (nSPS) is 11.6. The zero-order valence-electron chi connectivity index (χ0n) is 16.5. The number of carbonyl (C=O) groups excluding carboxylic acids is 2. The Morgan fingerprint density at radius 2 is 1.63 bits per heavy atom. The molecule has 144 valence electrons. The molecule has 6 heteroatoms. The monoisotopic (exact) mass is 385 g/mol. The second-order valence-electron chi connectivity index (χ2n) is 7.95. The van der Waals surface area contributed by atoms with Gasteiger partial charge in [-0.05, 0) is 60.1 Å².